The summed E-state index contributed by atoms with van der Waals surface area (Å²) < 4.78 is 4.66. The van der Waals surface area contributed by atoms with Gasteiger partial charge in [-0.1, -0.05) is 65.2 Å². The summed E-state index contributed by atoms with van der Waals surface area (Å²) in [6.07, 6.45) is 11.2. The molecule has 1 N–H and O–H groups in total. The molecule has 0 rings (SSSR count). The minimum Gasteiger partial charge on any atom is -0.450 e. The SMILES string of the molecule is CC(C)CCCCCCCCCCC(C)OC(=O)O. The van der Waals surface area contributed by atoms with E-state index >= 15 is 0 Å². The number of unbranched alkanes of at least 4 members (excludes halogenated alkanes) is 7. The molecule has 1 atom stereocenters. The number of hydrogen-bond donors (Lipinski definition) is 1. The highest BCUT2D eigenvalue weighted by Gasteiger charge is 2.06. The maximum absolute atomic E-state index is 10.3. The number of rotatable bonds is 12. The molecule has 0 aliphatic heterocycles. The lowest BCUT2D eigenvalue weighted by molar-refractivity contribution is 0.0548. The summed E-state index contributed by atoms with van der Waals surface area (Å²) in [4.78, 5) is 10.3. The van der Waals surface area contributed by atoms with Crippen LogP contribution in [-0.4, -0.2) is 17.4 Å². The number of hydrogen-bond acceptors (Lipinski definition) is 2. The molecule has 0 amide bonds. The number of carbonyl (C=O) groups is 1. The van der Waals surface area contributed by atoms with Gasteiger partial charge in [-0.25, -0.2) is 4.79 Å². The third kappa shape index (κ3) is 15.2. The lowest BCUT2D eigenvalue weighted by Gasteiger charge is -2.09. The van der Waals surface area contributed by atoms with Crippen molar-refractivity contribution in [1.29, 1.82) is 0 Å². The molecule has 0 radical (unpaired) electrons. The molecule has 0 aliphatic rings. The van der Waals surface area contributed by atoms with Crippen molar-refractivity contribution in [3.63, 3.8) is 0 Å². The molecule has 0 spiro atoms. The van der Waals surface area contributed by atoms with Gasteiger partial charge in [0.05, 0.1) is 0 Å². The van der Waals surface area contributed by atoms with Crippen molar-refractivity contribution in [3.8, 4) is 0 Å². The normalized spacial score (nSPS) is 12.6. The summed E-state index contributed by atoms with van der Waals surface area (Å²) in [5.74, 6) is 0.843. The predicted octanol–water partition coefficient (Wildman–Crippen LogP) is 5.63. The van der Waals surface area contributed by atoms with E-state index in [0.29, 0.717) is 0 Å². The fourth-order valence-electron chi connectivity index (χ4n) is 2.28. The van der Waals surface area contributed by atoms with Crippen LogP contribution >= 0.6 is 0 Å². The van der Waals surface area contributed by atoms with Crippen molar-refractivity contribution in [3.05, 3.63) is 0 Å². The van der Waals surface area contributed by atoms with Gasteiger partial charge in [0.2, 0.25) is 0 Å². The molecule has 0 aliphatic carbocycles. The lowest BCUT2D eigenvalue weighted by atomic mass is 10.0. The van der Waals surface area contributed by atoms with E-state index in [1.54, 1.807) is 0 Å². The average Bonchev–Trinajstić information content (AvgIpc) is 2.30. The zero-order valence-corrected chi connectivity index (χ0v) is 13.0. The number of ether oxygens (including phenoxy) is 1. The first-order chi connectivity index (χ1) is 9.02. The molecule has 0 aromatic carbocycles. The molecule has 0 saturated carbocycles. The van der Waals surface area contributed by atoms with E-state index in [0.717, 1.165) is 18.8 Å². The number of carboxylic acid groups (broad SMARTS) is 1. The van der Waals surface area contributed by atoms with Gasteiger partial charge >= 0.3 is 6.16 Å². The Morgan fingerprint density at radius 3 is 1.68 bits per heavy atom. The first kappa shape index (κ1) is 18.3. The maximum Gasteiger partial charge on any atom is 0.506 e. The Hall–Kier alpha value is -0.730. The monoisotopic (exact) mass is 272 g/mol. The summed E-state index contributed by atoms with van der Waals surface area (Å²) in [6.45, 7) is 6.40. The first-order valence-electron chi connectivity index (χ1n) is 7.92. The van der Waals surface area contributed by atoms with Crippen molar-refractivity contribution in [1.82, 2.24) is 0 Å². The second-order valence-electron chi connectivity index (χ2n) is 5.99. The minimum atomic E-state index is -1.16. The van der Waals surface area contributed by atoms with Crippen molar-refractivity contribution in [2.24, 2.45) is 5.92 Å². The van der Waals surface area contributed by atoms with Crippen LogP contribution in [0.3, 0.4) is 0 Å². The van der Waals surface area contributed by atoms with Crippen LogP contribution in [0.2, 0.25) is 0 Å². The summed E-state index contributed by atoms with van der Waals surface area (Å²) >= 11 is 0. The summed E-state index contributed by atoms with van der Waals surface area (Å²) in [5.41, 5.74) is 0. The highest BCUT2D eigenvalue weighted by molar-refractivity contribution is 5.56. The van der Waals surface area contributed by atoms with Crippen molar-refractivity contribution in [2.45, 2.75) is 91.1 Å². The third-order valence-electron chi connectivity index (χ3n) is 3.44. The summed E-state index contributed by atoms with van der Waals surface area (Å²) in [5, 5.41) is 8.44. The quantitative estimate of drug-likeness (QED) is 0.370. The summed E-state index contributed by atoms with van der Waals surface area (Å²) in [6, 6.07) is 0. The Morgan fingerprint density at radius 2 is 1.26 bits per heavy atom. The Labute approximate surface area is 118 Å². The van der Waals surface area contributed by atoms with Crippen LogP contribution in [0.5, 0.6) is 0 Å². The molecule has 3 heteroatoms. The van der Waals surface area contributed by atoms with Crippen LogP contribution in [-0.2, 0) is 4.74 Å². The van der Waals surface area contributed by atoms with E-state index in [1.807, 2.05) is 6.92 Å². The Morgan fingerprint density at radius 1 is 0.842 bits per heavy atom. The van der Waals surface area contributed by atoms with E-state index in [1.165, 1.54) is 51.4 Å². The second kappa shape index (κ2) is 12.3. The van der Waals surface area contributed by atoms with Gasteiger partial charge in [0, 0.05) is 0 Å². The largest absolute Gasteiger partial charge is 0.506 e. The van der Waals surface area contributed by atoms with Crippen molar-refractivity contribution < 1.29 is 14.6 Å². The van der Waals surface area contributed by atoms with Gasteiger partial charge in [-0.15, -0.1) is 0 Å². The average molecular weight is 272 g/mol. The highest BCUT2D eigenvalue weighted by atomic mass is 16.7. The lowest BCUT2D eigenvalue weighted by Crippen LogP contribution is -2.12. The topological polar surface area (TPSA) is 46.5 Å². The van der Waals surface area contributed by atoms with Crippen LogP contribution < -0.4 is 0 Å². The molecular formula is C16H32O3. The van der Waals surface area contributed by atoms with Crippen molar-refractivity contribution >= 4 is 6.16 Å². The van der Waals surface area contributed by atoms with Gasteiger partial charge in [-0.2, -0.15) is 0 Å². The molecule has 0 aromatic heterocycles. The van der Waals surface area contributed by atoms with E-state index in [9.17, 15) is 4.79 Å². The van der Waals surface area contributed by atoms with Crippen LogP contribution in [0, 0.1) is 5.92 Å². The van der Waals surface area contributed by atoms with Gasteiger partial charge in [0.25, 0.3) is 0 Å². The maximum atomic E-state index is 10.3. The zero-order chi connectivity index (χ0) is 14.5. The smallest absolute Gasteiger partial charge is 0.450 e. The molecule has 114 valence electrons. The third-order valence-corrected chi connectivity index (χ3v) is 3.44. The van der Waals surface area contributed by atoms with Gasteiger partial charge in [-0.05, 0) is 25.7 Å². The fraction of sp³-hybridized carbons (Fsp3) is 0.938. The fourth-order valence-corrected chi connectivity index (χ4v) is 2.28. The van der Waals surface area contributed by atoms with Gasteiger partial charge in [0.1, 0.15) is 6.10 Å². The van der Waals surface area contributed by atoms with Crippen LogP contribution in [0.25, 0.3) is 0 Å². The molecular weight excluding hydrogens is 240 g/mol. The zero-order valence-electron chi connectivity index (χ0n) is 13.0. The molecule has 3 nitrogen and oxygen atoms in total. The van der Waals surface area contributed by atoms with Gasteiger partial charge in [0.15, 0.2) is 0 Å². The summed E-state index contributed by atoms with van der Waals surface area (Å²) in [7, 11) is 0. The van der Waals surface area contributed by atoms with Crippen LogP contribution in [0.15, 0.2) is 0 Å². The Kier molecular flexibility index (Phi) is 11.8. The Bertz CT molecular complexity index is 214. The first-order valence-corrected chi connectivity index (χ1v) is 7.92. The molecule has 0 heterocycles. The van der Waals surface area contributed by atoms with E-state index in [4.69, 9.17) is 5.11 Å². The predicted molar refractivity (Wildman–Crippen MR) is 79.6 cm³/mol. The van der Waals surface area contributed by atoms with Gasteiger partial charge in [-0.3, -0.25) is 0 Å². The molecule has 0 fully saturated rings. The molecule has 19 heavy (non-hydrogen) atoms. The minimum absolute atomic E-state index is 0.159. The molecule has 1 unspecified atom stereocenters. The second-order valence-corrected chi connectivity index (χ2v) is 5.99. The molecule has 0 saturated heterocycles. The van der Waals surface area contributed by atoms with E-state index in [-0.39, 0.29) is 6.10 Å². The Balaban J connectivity index is 3.12. The van der Waals surface area contributed by atoms with Crippen LogP contribution in [0.1, 0.15) is 85.0 Å². The highest BCUT2D eigenvalue weighted by Crippen LogP contribution is 2.13. The molecule has 0 aromatic rings. The molecule has 0 bridgehead atoms. The van der Waals surface area contributed by atoms with E-state index < -0.39 is 6.16 Å². The van der Waals surface area contributed by atoms with Crippen molar-refractivity contribution in [2.75, 3.05) is 0 Å². The van der Waals surface area contributed by atoms with E-state index in [2.05, 4.69) is 18.6 Å². The van der Waals surface area contributed by atoms with Gasteiger partial charge < -0.3 is 9.84 Å². The van der Waals surface area contributed by atoms with Crippen LogP contribution in [0.4, 0.5) is 4.79 Å². The standard InChI is InChI=1S/C16H32O3/c1-14(2)12-10-8-6-4-5-7-9-11-13-15(3)19-16(17)18/h14-15H,4-13H2,1-3H3,(H,17,18).